The number of fused-ring (bicyclic) bond motifs is 3. The summed E-state index contributed by atoms with van der Waals surface area (Å²) in [5, 5.41) is 8.15. The molecule has 0 unspecified atom stereocenters. The van der Waals surface area contributed by atoms with E-state index >= 15 is 0 Å². The van der Waals surface area contributed by atoms with Crippen LogP contribution < -0.4 is 15.9 Å². The van der Waals surface area contributed by atoms with Crippen LogP contribution in [-0.4, -0.2) is 43.1 Å². The van der Waals surface area contributed by atoms with Crippen molar-refractivity contribution in [2.45, 2.75) is 32.9 Å². The number of amides is 1. The Kier molecular flexibility index (Phi) is 4.70. The fraction of sp³-hybridized carbons (Fsp3) is 0.350. The summed E-state index contributed by atoms with van der Waals surface area (Å²) in [5.74, 6) is -0.271. The van der Waals surface area contributed by atoms with Crippen LogP contribution in [0.3, 0.4) is 0 Å². The molecule has 1 aromatic carbocycles. The Morgan fingerprint density at radius 1 is 1.20 bits per heavy atom. The second-order valence-corrected chi connectivity index (χ2v) is 8.46. The molecule has 0 atom stereocenters. The van der Waals surface area contributed by atoms with E-state index in [1.165, 1.54) is 26.7 Å². The molecule has 30 heavy (non-hydrogen) atoms. The third kappa shape index (κ3) is 3.43. The maximum Gasteiger partial charge on any atom is 0.352 e. The second kappa shape index (κ2) is 7.52. The normalized spacial score (nSPS) is 14.1. The second-order valence-electron chi connectivity index (χ2n) is 7.48. The third-order valence-corrected chi connectivity index (χ3v) is 6.35. The van der Waals surface area contributed by atoms with Crippen LogP contribution in [0.15, 0.2) is 35.4 Å². The van der Waals surface area contributed by atoms with Crippen molar-refractivity contribution in [3.63, 3.8) is 0 Å². The number of aromatic nitrogens is 5. The Balaban J connectivity index is 1.38. The first kappa shape index (κ1) is 18.7. The summed E-state index contributed by atoms with van der Waals surface area (Å²) in [4.78, 5) is 36.2. The van der Waals surface area contributed by atoms with Crippen LogP contribution in [-0.2, 0) is 17.9 Å². The van der Waals surface area contributed by atoms with Gasteiger partial charge in [0.2, 0.25) is 5.91 Å². The largest absolute Gasteiger partial charge is 0.352 e. The first-order valence-corrected chi connectivity index (χ1v) is 10.7. The average molecular weight is 424 g/mol. The van der Waals surface area contributed by atoms with E-state index in [-0.39, 0.29) is 18.1 Å². The van der Waals surface area contributed by atoms with Gasteiger partial charge >= 0.3 is 5.69 Å². The van der Waals surface area contributed by atoms with Gasteiger partial charge in [0.25, 0.3) is 0 Å². The predicted octanol–water partition coefficient (Wildman–Crippen LogP) is 1.73. The topological polar surface area (TPSA) is 97.4 Å². The van der Waals surface area contributed by atoms with Crippen LogP contribution >= 0.6 is 11.3 Å². The molecule has 0 bridgehead atoms. The Morgan fingerprint density at radius 2 is 1.97 bits per heavy atom. The van der Waals surface area contributed by atoms with Gasteiger partial charge in [0.15, 0.2) is 16.4 Å². The van der Waals surface area contributed by atoms with Gasteiger partial charge in [0.05, 0.1) is 0 Å². The van der Waals surface area contributed by atoms with Crippen molar-refractivity contribution >= 4 is 38.4 Å². The summed E-state index contributed by atoms with van der Waals surface area (Å²) < 4.78 is 3.31. The fourth-order valence-corrected chi connectivity index (χ4v) is 4.62. The Morgan fingerprint density at radius 3 is 2.73 bits per heavy atom. The number of aryl methyl sites for hydroxylation is 1. The van der Waals surface area contributed by atoms with Crippen molar-refractivity contribution in [3.8, 4) is 0 Å². The molecule has 9 nitrogen and oxygen atoms in total. The van der Waals surface area contributed by atoms with Crippen LogP contribution in [0.5, 0.6) is 0 Å². The van der Waals surface area contributed by atoms with Gasteiger partial charge in [-0.05, 0) is 25.3 Å². The molecular formula is C20H21N7O2S. The van der Waals surface area contributed by atoms with Gasteiger partial charge in [0.1, 0.15) is 17.6 Å². The number of anilines is 1. The molecule has 4 heterocycles. The molecule has 1 saturated heterocycles. The van der Waals surface area contributed by atoms with Gasteiger partial charge in [-0.3, -0.25) is 4.79 Å². The number of hydrogen-bond donors (Lipinski definition) is 1. The average Bonchev–Trinajstić information content (AvgIpc) is 3.47. The Bertz CT molecular complexity index is 1280. The van der Waals surface area contributed by atoms with E-state index in [9.17, 15) is 9.59 Å². The standard InChI is InChI=1S/C20H21N7O2S/c1-13-4-6-14(7-5-13)10-21-15(28)11-27-20(29)26-12-22-17-16(18(26)24-27)30-19(23-17)25-8-2-3-9-25/h4-7,12H,2-3,8-11H2,1H3,(H,21,28). The van der Waals surface area contributed by atoms with Crippen molar-refractivity contribution in [1.82, 2.24) is 29.5 Å². The Labute approximate surface area is 176 Å². The molecule has 4 aromatic rings. The molecule has 3 aromatic heterocycles. The third-order valence-electron chi connectivity index (χ3n) is 5.25. The van der Waals surface area contributed by atoms with E-state index in [0.717, 1.165) is 46.9 Å². The van der Waals surface area contributed by atoms with Crippen LogP contribution in [0.1, 0.15) is 24.0 Å². The molecule has 1 N–H and O–H groups in total. The van der Waals surface area contributed by atoms with Crippen LogP contribution in [0.4, 0.5) is 5.13 Å². The van der Waals surface area contributed by atoms with Gasteiger partial charge < -0.3 is 10.2 Å². The highest BCUT2D eigenvalue weighted by molar-refractivity contribution is 7.22. The van der Waals surface area contributed by atoms with E-state index in [4.69, 9.17) is 0 Å². The van der Waals surface area contributed by atoms with Crippen molar-refractivity contribution in [2.75, 3.05) is 18.0 Å². The molecule has 0 spiro atoms. The van der Waals surface area contributed by atoms with Crippen LogP contribution in [0.25, 0.3) is 16.0 Å². The van der Waals surface area contributed by atoms with Gasteiger partial charge in [-0.15, -0.1) is 5.10 Å². The first-order chi connectivity index (χ1) is 14.6. The number of carbonyl (C=O) groups excluding carboxylic acids is 1. The van der Waals surface area contributed by atoms with E-state index < -0.39 is 0 Å². The van der Waals surface area contributed by atoms with Crippen molar-refractivity contribution in [1.29, 1.82) is 0 Å². The van der Waals surface area contributed by atoms with Gasteiger partial charge in [0, 0.05) is 19.6 Å². The molecule has 0 aliphatic carbocycles. The minimum Gasteiger partial charge on any atom is -0.350 e. The number of hydrogen-bond acceptors (Lipinski definition) is 7. The fourth-order valence-electron chi connectivity index (χ4n) is 3.57. The summed E-state index contributed by atoms with van der Waals surface area (Å²) in [5.41, 5.74) is 2.84. The van der Waals surface area contributed by atoms with Gasteiger partial charge in [-0.1, -0.05) is 41.2 Å². The highest BCUT2D eigenvalue weighted by Gasteiger charge is 2.20. The zero-order valence-electron chi connectivity index (χ0n) is 16.5. The molecule has 10 heteroatoms. The first-order valence-electron chi connectivity index (χ1n) is 9.90. The monoisotopic (exact) mass is 423 g/mol. The van der Waals surface area contributed by atoms with Crippen molar-refractivity contribution in [3.05, 3.63) is 52.2 Å². The number of rotatable bonds is 5. The highest BCUT2D eigenvalue weighted by atomic mass is 32.1. The number of nitrogens with one attached hydrogen (secondary N) is 1. The minimum absolute atomic E-state index is 0.147. The molecule has 1 aliphatic rings. The lowest BCUT2D eigenvalue weighted by molar-refractivity contribution is -0.122. The lowest BCUT2D eigenvalue weighted by Crippen LogP contribution is -2.32. The quantitative estimate of drug-likeness (QED) is 0.525. The van der Waals surface area contributed by atoms with E-state index in [1.807, 2.05) is 31.2 Å². The highest BCUT2D eigenvalue weighted by Crippen LogP contribution is 2.31. The van der Waals surface area contributed by atoms with E-state index in [1.54, 1.807) is 0 Å². The molecule has 1 aliphatic heterocycles. The molecule has 1 amide bonds. The number of benzene rings is 1. The predicted molar refractivity (Wildman–Crippen MR) is 115 cm³/mol. The Hall–Kier alpha value is -3.27. The van der Waals surface area contributed by atoms with Crippen molar-refractivity contribution < 1.29 is 4.79 Å². The summed E-state index contributed by atoms with van der Waals surface area (Å²) >= 11 is 1.49. The number of nitrogens with zero attached hydrogens (tertiary/aromatic N) is 6. The summed E-state index contributed by atoms with van der Waals surface area (Å²) in [6, 6.07) is 7.93. The summed E-state index contributed by atoms with van der Waals surface area (Å²) in [6.07, 6.45) is 3.75. The van der Waals surface area contributed by atoms with Crippen molar-refractivity contribution in [2.24, 2.45) is 0 Å². The zero-order valence-corrected chi connectivity index (χ0v) is 17.4. The van der Waals surface area contributed by atoms with E-state index in [2.05, 4.69) is 25.3 Å². The lowest BCUT2D eigenvalue weighted by atomic mass is 10.1. The SMILES string of the molecule is Cc1ccc(CNC(=O)Cn2nc3c4sc(N5CCCC5)nc4ncn3c2=O)cc1. The van der Waals surface area contributed by atoms with Gasteiger partial charge in [-0.2, -0.15) is 4.98 Å². The molecular weight excluding hydrogens is 402 g/mol. The number of thiazole rings is 1. The maximum absolute atomic E-state index is 12.7. The minimum atomic E-state index is -0.388. The van der Waals surface area contributed by atoms with E-state index in [0.29, 0.717) is 17.8 Å². The zero-order chi connectivity index (χ0) is 20.7. The summed E-state index contributed by atoms with van der Waals surface area (Å²) in [6.45, 7) is 4.24. The number of carbonyl (C=O) groups is 1. The molecule has 1 fully saturated rings. The lowest BCUT2D eigenvalue weighted by Gasteiger charge is -2.11. The summed E-state index contributed by atoms with van der Waals surface area (Å²) in [7, 11) is 0. The van der Waals surface area contributed by atoms with Crippen LogP contribution in [0.2, 0.25) is 0 Å². The molecule has 0 radical (unpaired) electrons. The van der Waals surface area contributed by atoms with Crippen LogP contribution in [0, 0.1) is 6.92 Å². The van der Waals surface area contributed by atoms with Gasteiger partial charge in [-0.25, -0.2) is 18.9 Å². The smallest absolute Gasteiger partial charge is 0.350 e. The maximum atomic E-state index is 12.7. The molecule has 5 rings (SSSR count). The molecule has 0 saturated carbocycles. The molecule has 154 valence electrons.